The molecule has 5 aliphatic carbocycles. The van der Waals surface area contributed by atoms with Crippen molar-refractivity contribution in [3.05, 3.63) is 215 Å². The van der Waals surface area contributed by atoms with Crippen LogP contribution in [0.5, 0.6) is 0 Å². The van der Waals surface area contributed by atoms with Crippen LogP contribution in [0.25, 0.3) is 16.1 Å². The maximum absolute atomic E-state index is 13.0. The van der Waals surface area contributed by atoms with Crippen molar-refractivity contribution in [2.75, 3.05) is 12.3 Å². The minimum absolute atomic E-state index is 0.00859. The van der Waals surface area contributed by atoms with E-state index in [1.165, 1.54) is 49.4 Å². The fourth-order valence-corrected chi connectivity index (χ4v) is 33.1. The Hall–Kier alpha value is -11.6. The van der Waals surface area contributed by atoms with E-state index < -0.39 is 223 Å². The van der Waals surface area contributed by atoms with E-state index >= 15 is 0 Å². The van der Waals surface area contributed by atoms with Crippen molar-refractivity contribution < 1.29 is 166 Å². The highest BCUT2D eigenvalue weighted by molar-refractivity contribution is 7.93. The number of halogens is 4. The maximum atomic E-state index is 13.0. The lowest BCUT2D eigenvalue weighted by Gasteiger charge is -2.28. The summed E-state index contributed by atoms with van der Waals surface area (Å²) in [5.41, 5.74) is 1.55. The van der Waals surface area contributed by atoms with Crippen LogP contribution in [0, 0.1) is 53.3 Å². The Morgan fingerprint density at radius 2 is 0.993 bits per heavy atom. The normalized spacial score (nSPS) is 30.5. The van der Waals surface area contributed by atoms with Gasteiger partial charge >= 0.3 is 10.3 Å². The topological polar surface area (TPSA) is 737 Å². The van der Waals surface area contributed by atoms with Crippen molar-refractivity contribution in [2.45, 2.75) is 175 Å². The molecule has 13 aliphatic heterocycles. The van der Waals surface area contributed by atoms with Crippen LogP contribution in [0.4, 0.5) is 17.6 Å². The monoisotopic (exact) mass is 2210 g/mol. The minimum Gasteiger partial charge on any atom is -0.861 e. The van der Waals surface area contributed by atoms with Gasteiger partial charge in [-0.1, -0.05) is 177 Å². The van der Waals surface area contributed by atoms with Gasteiger partial charge in [0.05, 0.1) is 67.0 Å². The summed E-state index contributed by atoms with van der Waals surface area (Å²) in [5.74, 6) is -14.0. The predicted molar refractivity (Wildman–Crippen MR) is 494 cm³/mol. The molecule has 13 heterocycles. The van der Waals surface area contributed by atoms with Crippen LogP contribution in [0.2, 0.25) is 0 Å². The van der Waals surface area contributed by atoms with Crippen molar-refractivity contribution in [3.63, 3.8) is 0 Å². The molecule has 784 valence electrons. The fraction of sp³-hybridized carbons (Fsp3) is 0.425. The van der Waals surface area contributed by atoms with Crippen molar-refractivity contribution in [2.24, 2.45) is 97.2 Å². The zero-order valence-electron chi connectivity index (χ0n) is 75.3. The summed E-state index contributed by atoms with van der Waals surface area (Å²) in [6.45, 7) is 1.10. The summed E-state index contributed by atoms with van der Waals surface area (Å²) in [7, 11) is -36.2. The molecule has 24 rings (SSSR count). The number of hydrogen-bond donors (Lipinski definition) is 0. The van der Waals surface area contributed by atoms with Crippen LogP contribution in [0.15, 0.2) is 246 Å². The highest BCUT2D eigenvalue weighted by Crippen LogP contribution is 2.55. The molecule has 6 aromatic rings. The third-order valence-electron chi connectivity index (χ3n) is 25.3. The molecule has 0 amide bonds. The summed E-state index contributed by atoms with van der Waals surface area (Å²) in [4.78, 5) is 0.129. The Morgan fingerprint density at radius 1 is 0.476 bits per heavy atom. The van der Waals surface area contributed by atoms with Gasteiger partial charge in [-0.15, -0.1) is 10.9 Å². The standard InChI is InChI=1S/C13H11NO3S.C12H14F4N.C11H7NO3S.C8H11NO3S.C8H9NO3S.C7H9NO4S.C7H7NO4S.C7H11NO3S.C7H5NO3S.C4H5NO4S.C3H5NO3S/c15-13(11-7-3-1-4-8-11)14-18(16,17)12-9-5-2-6-10-12;1-11(13,14)8-12(15,16)9-17-7-10-5-3-2-4-6-10;13-11-8-5-1-3-7-4-2-6-9(10(7)8)16(14,15)12-11;2*10-8-6-4-1-2-5(3-4)7(6)13(11,12)9-8;2*9-7-5-3-1-2-4(12-3)6(5)13(10,11)8-7;2*9-7-5-3-1-2-4-6(5)12(10,11)8-7;1-3-2-4(6)5-10(7,8)9-3;5-3-1-2-8(6,7)4-3/h1-10H,(H,14,15);2-6H,7-9H2,1H3;1-6H,(H,12,13);4-7H,1-3H2,(H,9,10);1-2,4-7H,3H2,(H,9,10);3-6H,1-2H2,(H,8,9);1-6H,(H,8,9);5-6H,1-4H2,(H,8,9);1-4H,(H,8,9);2H,1H3,(H,5,6);1-2H2,(H,4,5)/q;-1;;;;;;;;;/p-10. The third kappa shape index (κ3) is 24.9. The average Bonchev–Trinajstić information content (AvgIpc) is 1.57. The smallest absolute Gasteiger partial charge is 0.427 e. The van der Waals surface area contributed by atoms with Gasteiger partial charge in [0.2, 0.25) is 5.92 Å². The first-order valence-electron chi connectivity index (χ1n) is 44.0. The molecule has 4 saturated carbocycles. The van der Waals surface area contributed by atoms with E-state index in [0.29, 0.717) is 36.6 Å². The molecule has 58 heteroatoms. The number of rotatable bonds is 9. The van der Waals surface area contributed by atoms with E-state index in [4.69, 9.17) is 9.47 Å². The van der Waals surface area contributed by atoms with Crippen molar-refractivity contribution in [1.82, 2.24) is 0 Å². The number of benzene rings is 6. The molecule has 44 nitrogen and oxygen atoms in total. The number of allylic oxidation sites excluding steroid dienone is 3. The second-order valence-electron chi connectivity index (χ2n) is 35.4. The summed E-state index contributed by atoms with van der Waals surface area (Å²) in [5, 5.41) is 113. The number of hydrogen-bond acceptors (Lipinski definition) is 33. The summed E-state index contributed by atoms with van der Waals surface area (Å²) < 4.78 is 321. The van der Waals surface area contributed by atoms with E-state index in [0.717, 1.165) is 68.4 Å². The van der Waals surface area contributed by atoms with Crippen LogP contribution in [-0.2, 0) is 121 Å². The van der Waals surface area contributed by atoms with E-state index in [1.54, 1.807) is 121 Å². The lowest BCUT2D eigenvalue weighted by Crippen LogP contribution is -2.40. The van der Waals surface area contributed by atoms with Crippen molar-refractivity contribution >= 4 is 170 Å². The molecule has 8 bridgehead atoms. The molecule has 18 atom stereocenters. The number of fused-ring (bicyclic) bond motifs is 22. The summed E-state index contributed by atoms with van der Waals surface area (Å²) in [6, 6.07) is 40.5. The Balaban J connectivity index is 0.000000127. The summed E-state index contributed by atoms with van der Waals surface area (Å²) in [6.07, 6.45) is 14.0. The Morgan fingerprint density at radius 3 is 1.57 bits per heavy atom. The van der Waals surface area contributed by atoms with Gasteiger partial charge < -0.3 is 70.0 Å². The molecule has 18 unspecified atom stereocenters. The molecule has 0 radical (unpaired) electrons. The molecule has 3 saturated heterocycles. The molecule has 145 heavy (non-hydrogen) atoms. The highest BCUT2D eigenvalue weighted by atomic mass is 32.2. The molecule has 7 fully saturated rings. The largest absolute Gasteiger partial charge is 0.861 e. The third-order valence-corrected chi connectivity index (χ3v) is 40.1. The predicted octanol–water partition coefficient (Wildman–Crippen LogP) is -1.55. The molecule has 6 aromatic carbocycles. The van der Waals surface area contributed by atoms with Gasteiger partial charge in [0, 0.05) is 64.1 Å². The van der Waals surface area contributed by atoms with E-state index in [-0.39, 0.29) is 110 Å². The first-order chi connectivity index (χ1) is 67.7. The molecular weight excluding hydrogens is 2120 g/mol. The number of nitrogens with zero attached hydrogens (tertiary/aromatic N) is 11. The van der Waals surface area contributed by atoms with Gasteiger partial charge in [-0.05, 0) is 178 Å². The first kappa shape index (κ1) is 109. The lowest BCUT2D eigenvalue weighted by molar-refractivity contribution is -0.224. The lowest BCUT2D eigenvalue weighted by atomic mass is 9.88. The van der Waals surface area contributed by atoms with Gasteiger partial charge in [0.15, 0.2) is 0 Å². The van der Waals surface area contributed by atoms with Gasteiger partial charge in [-0.2, -0.15) is 73.3 Å². The SMILES string of the molecule is CC(F)(F)CC(F)(F)C[N-]Cc1ccccc1.CC1=CC([O-])=NS(=O)(=O)O1.O=S(=O)(N=C([O-])c1ccccc1)c1ccccc1.O=S1(=O)CCC([O-])=N1.O=S1(=O)N=C([O-])C2C3C=CC(C3)C21.O=S1(=O)N=C([O-])C2C3C=CC(O3)C21.O=S1(=O)N=C([O-])C2C3CCC(C3)C21.O=S1(=O)N=C([O-])C2C3CCC(O3)C21.O=S1(=O)N=C([O-])C2CCCCC21.O=S1(=O)N=C([O-])c2cccc3cccc1c23.O=S1(=O)N=C([O-])c2ccccc21. The maximum Gasteiger partial charge on any atom is 0.427 e. The minimum atomic E-state index is -3.97. The van der Waals surface area contributed by atoms with Crippen LogP contribution < -0.4 is 51.1 Å². The second-order valence-corrected chi connectivity index (χ2v) is 52.0. The number of ether oxygens (including phenoxy) is 2. The molecular formula is C87H84F4N11O33S10-11. The van der Waals surface area contributed by atoms with Crippen LogP contribution in [0.1, 0.15) is 113 Å². The number of alkyl halides is 4. The Kier molecular flexibility index (Phi) is 31.6. The van der Waals surface area contributed by atoms with Crippen LogP contribution in [-0.4, -0.2) is 218 Å². The zero-order valence-corrected chi connectivity index (χ0v) is 83.5. The molecule has 18 aliphatic rings. The molecule has 0 spiro atoms. The zero-order chi connectivity index (χ0) is 106. The molecule has 0 aromatic heterocycles. The highest BCUT2D eigenvalue weighted by Gasteiger charge is 2.60. The Labute approximate surface area is 830 Å². The van der Waals surface area contributed by atoms with Crippen molar-refractivity contribution in [3.8, 4) is 0 Å². The van der Waals surface area contributed by atoms with Gasteiger partial charge in [0.1, 0.15) is 16.3 Å². The van der Waals surface area contributed by atoms with E-state index in [2.05, 4.69) is 53.5 Å². The van der Waals surface area contributed by atoms with E-state index in [1.807, 2.05) is 12.2 Å². The molecule has 0 N–H and O–H groups in total. The van der Waals surface area contributed by atoms with Gasteiger partial charge in [-0.3, -0.25) is 0 Å². The van der Waals surface area contributed by atoms with Crippen molar-refractivity contribution in [1.29, 1.82) is 0 Å². The average molecular weight is 2210 g/mol. The first-order valence-corrected chi connectivity index (χ1v) is 58.8. The van der Waals surface area contributed by atoms with Crippen LogP contribution in [0.3, 0.4) is 0 Å². The van der Waals surface area contributed by atoms with E-state index in [9.17, 15) is 153 Å². The van der Waals surface area contributed by atoms with Crippen LogP contribution >= 0.6 is 0 Å². The Bertz CT molecular complexity index is 7570. The summed E-state index contributed by atoms with van der Waals surface area (Å²) >= 11 is 0. The second kappa shape index (κ2) is 42.0. The van der Waals surface area contributed by atoms with Gasteiger partial charge in [0.25, 0.3) is 96.1 Å². The fourth-order valence-electron chi connectivity index (χ4n) is 19.5. The quantitative estimate of drug-likeness (QED) is 0.0684. The number of sulfonamides is 9. The van der Waals surface area contributed by atoms with Gasteiger partial charge in [-0.25, -0.2) is 68.1 Å².